The maximum absolute atomic E-state index is 12.8. The monoisotopic (exact) mass is 211 g/mol. The molecule has 0 aliphatic carbocycles. The van der Waals surface area contributed by atoms with E-state index in [2.05, 4.69) is 0 Å². The normalized spacial score (nSPS) is 10.7. The molecule has 4 heteroatoms. The van der Waals surface area contributed by atoms with E-state index in [1.54, 1.807) is 19.0 Å². The zero-order chi connectivity index (χ0) is 11.4. The van der Waals surface area contributed by atoms with Crippen LogP contribution in [0, 0.1) is 11.6 Å². The molecule has 0 saturated heterocycles. The van der Waals surface area contributed by atoms with E-state index < -0.39 is 17.4 Å². The zero-order valence-electron chi connectivity index (χ0n) is 8.50. The minimum absolute atomic E-state index is 0.00519. The summed E-state index contributed by atoms with van der Waals surface area (Å²) >= 11 is 0. The minimum atomic E-state index is -0.753. The van der Waals surface area contributed by atoms with E-state index in [1.165, 1.54) is 12.3 Å². The maximum Gasteiger partial charge on any atom is 0.187 e. The van der Waals surface area contributed by atoms with Crippen molar-refractivity contribution in [2.24, 2.45) is 0 Å². The van der Waals surface area contributed by atoms with Gasteiger partial charge in [-0.25, -0.2) is 8.78 Å². The van der Waals surface area contributed by atoms with Crippen LogP contribution in [0.1, 0.15) is 10.4 Å². The van der Waals surface area contributed by atoms with Crippen molar-refractivity contribution in [1.29, 1.82) is 0 Å². The Morgan fingerprint density at radius 2 is 1.73 bits per heavy atom. The lowest BCUT2D eigenvalue weighted by Gasteiger charge is -2.02. The summed E-state index contributed by atoms with van der Waals surface area (Å²) in [6.45, 7) is 0. The second kappa shape index (κ2) is 4.68. The summed E-state index contributed by atoms with van der Waals surface area (Å²) in [5.74, 6) is -1.93. The van der Waals surface area contributed by atoms with Crippen molar-refractivity contribution in [3.63, 3.8) is 0 Å². The van der Waals surface area contributed by atoms with Gasteiger partial charge in [-0.1, -0.05) is 0 Å². The van der Waals surface area contributed by atoms with E-state index in [1.807, 2.05) is 0 Å². The van der Waals surface area contributed by atoms with Gasteiger partial charge in [-0.05, 0) is 12.1 Å². The number of hydrogen-bond donors (Lipinski definition) is 0. The number of benzene rings is 1. The standard InChI is InChI=1S/C11H11F2NO/c1-14(2)4-3-11(15)8-5-9(12)7-10(13)6-8/h3-7H,1-2H3. The number of carbonyl (C=O) groups excluding carboxylic acids is 1. The fourth-order valence-electron chi connectivity index (χ4n) is 1.01. The molecule has 0 unspecified atom stereocenters. The van der Waals surface area contributed by atoms with Gasteiger partial charge in [-0.15, -0.1) is 0 Å². The molecule has 15 heavy (non-hydrogen) atoms. The van der Waals surface area contributed by atoms with Crippen LogP contribution in [0.5, 0.6) is 0 Å². The summed E-state index contributed by atoms with van der Waals surface area (Å²) in [5.41, 5.74) is 0.00519. The molecule has 1 aromatic carbocycles. The highest BCUT2D eigenvalue weighted by Crippen LogP contribution is 2.09. The average Bonchev–Trinajstić information content (AvgIpc) is 2.12. The predicted molar refractivity (Wildman–Crippen MR) is 53.5 cm³/mol. The highest BCUT2D eigenvalue weighted by Gasteiger charge is 2.05. The average molecular weight is 211 g/mol. The highest BCUT2D eigenvalue weighted by atomic mass is 19.1. The van der Waals surface area contributed by atoms with Crippen molar-refractivity contribution in [3.8, 4) is 0 Å². The summed E-state index contributed by atoms with van der Waals surface area (Å²) < 4.78 is 25.5. The highest BCUT2D eigenvalue weighted by molar-refractivity contribution is 6.04. The molecule has 0 aliphatic heterocycles. The van der Waals surface area contributed by atoms with Crippen molar-refractivity contribution in [1.82, 2.24) is 4.90 Å². The Morgan fingerprint density at radius 1 is 1.20 bits per heavy atom. The third-order valence-corrected chi connectivity index (χ3v) is 1.67. The molecule has 0 N–H and O–H groups in total. The number of ketones is 1. The van der Waals surface area contributed by atoms with Crippen molar-refractivity contribution in [2.45, 2.75) is 0 Å². The summed E-state index contributed by atoms with van der Waals surface area (Å²) in [6, 6.07) is 2.74. The maximum atomic E-state index is 12.8. The van der Waals surface area contributed by atoms with Gasteiger partial charge in [-0.3, -0.25) is 4.79 Å². The molecular formula is C11H11F2NO. The smallest absolute Gasteiger partial charge is 0.187 e. The Balaban J connectivity index is 2.91. The van der Waals surface area contributed by atoms with Gasteiger partial charge in [0.1, 0.15) is 11.6 Å². The third kappa shape index (κ3) is 3.50. The molecule has 2 nitrogen and oxygen atoms in total. The molecule has 0 atom stereocenters. The Hall–Kier alpha value is -1.71. The first-order chi connectivity index (χ1) is 6.99. The predicted octanol–water partition coefficient (Wildman–Crippen LogP) is 2.22. The molecule has 0 fully saturated rings. The van der Waals surface area contributed by atoms with E-state index in [0.717, 1.165) is 18.2 Å². The van der Waals surface area contributed by atoms with Gasteiger partial charge in [0.15, 0.2) is 5.78 Å². The first kappa shape index (κ1) is 11.4. The molecule has 0 heterocycles. The van der Waals surface area contributed by atoms with Crippen LogP contribution in [0.3, 0.4) is 0 Å². The number of halogens is 2. The molecule has 0 bridgehead atoms. The Morgan fingerprint density at radius 3 is 2.20 bits per heavy atom. The minimum Gasteiger partial charge on any atom is -0.383 e. The van der Waals surface area contributed by atoms with Crippen molar-refractivity contribution in [3.05, 3.63) is 47.7 Å². The van der Waals surface area contributed by atoms with Gasteiger partial charge >= 0.3 is 0 Å². The SMILES string of the molecule is CN(C)C=CC(=O)c1cc(F)cc(F)c1. The van der Waals surface area contributed by atoms with Gasteiger partial charge in [0.2, 0.25) is 0 Å². The molecule has 80 valence electrons. The number of rotatable bonds is 3. The Bertz CT molecular complexity index is 379. The van der Waals surface area contributed by atoms with E-state index in [4.69, 9.17) is 0 Å². The van der Waals surface area contributed by atoms with E-state index in [-0.39, 0.29) is 5.56 Å². The molecule has 0 aromatic heterocycles. The van der Waals surface area contributed by atoms with Crippen LogP contribution >= 0.6 is 0 Å². The fourth-order valence-corrected chi connectivity index (χ4v) is 1.01. The third-order valence-electron chi connectivity index (χ3n) is 1.67. The number of allylic oxidation sites excluding steroid dienone is 1. The molecule has 1 rings (SSSR count). The molecular weight excluding hydrogens is 200 g/mol. The number of carbonyl (C=O) groups is 1. The van der Waals surface area contributed by atoms with Gasteiger partial charge < -0.3 is 4.90 Å². The molecule has 0 aliphatic rings. The quantitative estimate of drug-likeness (QED) is 0.564. The molecule has 0 saturated carbocycles. The first-order valence-electron chi connectivity index (χ1n) is 4.34. The number of nitrogens with zero attached hydrogens (tertiary/aromatic N) is 1. The van der Waals surface area contributed by atoms with Gasteiger partial charge in [-0.2, -0.15) is 0 Å². The van der Waals surface area contributed by atoms with Gasteiger partial charge in [0, 0.05) is 38.0 Å². The summed E-state index contributed by atoms with van der Waals surface area (Å²) in [6.07, 6.45) is 2.78. The molecule has 0 amide bonds. The van der Waals surface area contributed by atoms with Gasteiger partial charge in [0.05, 0.1) is 0 Å². The zero-order valence-corrected chi connectivity index (χ0v) is 8.50. The fraction of sp³-hybridized carbons (Fsp3) is 0.182. The Kier molecular flexibility index (Phi) is 3.55. The molecule has 1 aromatic rings. The largest absolute Gasteiger partial charge is 0.383 e. The van der Waals surface area contributed by atoms with Crippen LogP contribution in [0.15, 0.2) is 30.5 Å². The topological polar surface area (TPSA) is 20.3 Å². The van der Waals surface area contributed by atoms with Crippen LogP contribution < -0.4 is 0 Å². The summed E-state index contributed by atoms with van der Waals surface area (Å²) in [7, 11) is 3.49. The summed E-state index contributed by atoms with van der Waals surface area (Å²) in [5, 5.41) is 0. The van der Waals surface area contributed by atoms with Crippen LogP contribution in [0.25, 0.3) is 0 Å². The lowest BCUT2D eigenvalue weighted by atomic mass is 10.1. The van der Waals surface area contributed by atoms with Gasteiger partial charge in [0.25, 0.3) is 0 Å². The molecule has 0 radical (unpaired) electrons. The molecule has 0 spiro atoms. The summed E-state index contributed by atoms with van der Waals surface area (Å²) in [4.78, 5) is 13.1. The van der Waals surface area contributed by atoms with Crippen LogP contribution in [0.4, 0.5) is 8.78 Å². The van der Waals surface area contributed by atoms with Crippen LogP contribution in [-0.2, 0) is 0 Å². The van der Waals surface area contributed by atoms with Crippen LogP contribution in [0.2, 0.25) is 0 Å². The van der Waals surface area contributed by atoms with E-state index >= 15 is 0 Å². The lowest BCUT2D eigenvalue weighted by Crippen LogP contribution is -2.03. The lowest BCUT2D eigenvalue weighted by molar-refractivity contribution is 0.104. The van der Waals surface area contributed by atoms with Crippen molar-refractivity contribution in [2.75, 3.05) is 14.1 Å². The second-order valence-electron chi connectivity index (χ2n) is 3.30. The van der Waals surface area contributed by atoms with Crippen LogP contribution in [-0.4, -0.2) is 24.8 Å². The Labute approximate surface area is 86.8 Å². The van der Waals surface area contributed by atoms with E-state index in [9.17, 15) is 13.6 Å². The van der Waals surface area contributed by atoms with Crippen molar-refractivity contribution < 1.29 is 13.6 Å². The second-order valence-corrected chi connectivity index (χ2v) is 3.30. The van der Waals surface area contributed by atoms with E-state index in [0.29, 0.717) is 0 Å². The number of hydrogen-bond acceptors (Lipinski definition) is 2. The van der Waals surface area contributed by atoms with Crippen molar-refractivity contribution >= 4 is 5.78 Å². The first-order valence-corrected chi connectivity index (χ1v) is 4.34.